The van der Waals surface area contributed by atoms with Crippen molar-refractivity contribution in [1.29, 1.82) is 0 Å². The molecule has 0 fully saturated rings. The number of aryl methyl sites for hydroxylation is 3. The highest BCUT2D eigenvalue weighted by atomic mass is 35.5. The van der Waals surface area contributed by atoms with Crippen molar-refractivity contribution < 1.29 is 0 Å². The number of aromatic nitrogens is 2. The van der Waals surface area contributed by atoms with Crippen molar-refractivity contribution in [1.82, 2.24) is 9.38 Å². The minimum atomic E-state index is 0.766. The Balaban J connectivity index is 1.98. The van der Waals surface area contributed by atoms with Crippen molar-refractivity contribution >= 4 is 22.9 Å². The summed E-state index contributed by atoms with van der Waals surface area (Å²) in [6.07, 6.45) is 5.92. The molecule has 2 heterocycles. The topological polar surface area (TPSA) is 29.3 Å². The first-order valence-corrected chi connectivity index (χ1v) is 7.77. The molecule has 0 aliphatic carbocycles. The molecule has 3 aromatic rings. The summed E-state index contributed by atoms with van der Waals surface area (Å²) in [5.41, 5.74) is 8.26. The van der Waals surface area contributed by atoms with Crippen LogP contribution in [0.1, 0.15) is 27.8 Å². The third kappa shape index (κ3) is 2.57. The fourth-order valence-corrected chi connectivity index (χ4v) is 3.22. The van der Waals surface area contributed by atoms with Gasteiger partial charge in [0.1, 0.15) is 0 Å². The molecule has 1 N–H and O–H groups in total. The van der Waals surface area contributed by atoms with Gasteiger partial charge >= 0.3 is 0 Å². The van der Waals surface area contributed by atoms with Gasteiger partial charge < -0.3 is 9.72 Å². The molecule has 0 atom stereocenters. The van der Waals surface area contributed by atoms with E-state index in [1.54, 1.807) is 0 Å². The maximum absolute atomic E-state index is 6.12. The first-order chi connectivity index (χ1) is 10.5. The van der Waals surface area contributed by atoms with E-state index in [-0.39, 0.29) is 0 Å². The number of pyridine rings is 1. The lowest BCUT2D eigenvalue weighted by molar-refractivity contribution is 1.06. The third-order valence-electron chi connectivity index (χ3n) is 4.29. The summed E-state index contributed by atoms with van der Waals surface area (Å²) in [6.45, 7) is 9.22. The third-order valence-corrected chi connectivity index (χ3v) is 4.51. The summed E-state index contributed by atoms with van der Waals surface area (Å²) in [4.78, 5) is 4.47. The van der Waals surface area contributed by atoms with Crippen LogP contribution in [0.5, 0.6) is 0 Å². The van der Waals surface area contributed by atoms with Crippen molar-refractivity contribution in [3.8, 4) is 0 Å². The van der Waals surface area contributed by atoms with E-state index in [1.807, 2.05) is 24.5 Å². The van der Waals surface area contributed by atoms with E-state index in [2.05, 4.69) is 48.6 Å². The molecule has 4 heteroatoms. The van der Waals surface area contributed by atoms with Crippen molar-refractivity contribution in [2.24, 2.45) is 0 Å². The van der Waals surface area contributed by atoms with Crippen molar-refractivity contribution in [2.45, 2.75) is 34.2 Å². The number of benzene rings is 1. The summed E-state index contributed by atoms with van der Waals surface area (Å²) in [5.74, 6) is 0. The van der Waals surface area contributed by atoms with Gasteiger partial charge in [0.15, 0.2) is 5.65 Å². The van der Waals surface area contributed by atoms with E-state index in [4.69, 9.17) is 11.6 Å². The van der Waals surface area contributed by atoms with Crippen LogP contribution in [-0.2, 0) is 6.54 Å². The normalized spacial score (nSPS) is 11.1. The van der Waals surface area contributed by atoms with Gasteiger partial charge in [0.25, 0.3) is 0 Å². The summed E-state index contributed by atoms with van der Waals surface area (Å²) < 4.78 is 2.06. The highest BCUT2D eigenvalue weighted by Crippen LogP contribution is 2.26. The molecular weight excluding hydrogens is 294 g/mol. The summed E-state index contributed by atoms with van der Waals surface area (Å²) in [7, 11) is 0. The van der Waals surface area contributed by atoms with Gasteiger partial charge in [-0.15, -0.1) is 0 Å². The SMILES string of the molecule is Cc1cn2ccnc2c(NCc2c(C)cc(Cl)cc2C)c1C. The predicted molar refractivity (Wildman–Crippen MR) is 92.9 cm³/mol. The molecule has 114 valence electrons. The maximum atomic E-state index is 6.12. The summed E-state index contributed by atoms with van der Waals surface area (Å²) in [5, 5.41) is 4.37. The van der Waals surface area contributed by atoms with Crippen LogP contribution in [0, 0.1) is 27.7 Å². The Morgan fingerprint density at radius 2 is 1.77 bits per heavy atom. The Labute approximate surface area is 136 Å². The van der Waals surface area contributed by atoms with Crippen molar-refractivity contribution in [3.63, 3.8) is 0 Å². The maximum Gasteiger partial charge on any atom is 0.160 e. The Morgan fingerprint density at radius 1 is 1.09 bits per heavy atom. The van der Waals surface area contributed by atoms with Crippen LogP contribution < -0.4 is 5.32 Å². The van der Waals surface area contributed by atoms with Gasteiger partial charge in [-0.25, -0.2) is 4.98 Å². The molecule has 3 nitrogen and oxygen atoms in total. The van der Waals surface area contributed by atoms with Crippen LogP contribution in [0.3, 0.4) is 0 Å². The second kappa shape index (κ2) is 5.65. The molecule has 0 aliphatic rings. The minimum Gasteiger partial charge on any atom is -0.378 e. The van der Waals surface area contributed by atoms with Gasteiger partial charge in [-0.05, 0) is 67.6 Å². The Kier molecular flexibility index (Phi) is 3.83. The minimum absolute atomic E-state index is 0.766. The summed E-state index contributed by atoms with van der Waals surface area (Å²) >= 11 is 6.12. The molecule has 1 aromatic carbocycles. The smallest absolute Gasteiger partial charge is 0.160 e. The molecule has 0 spiro atoms. The van der Waals surface area contributed by atoms with Crippen molar-refractivity contribution in [3.05, 3.63) is 63.6 Å². The van der Waals surface area contributed by atoms with E-state index in [9.17, 15) is 0 Å². The zero-order valence-electron chi connectivity index (χ0n) is 13.4. The van der Waals surface area contributed by atoms with Gasteiger partial charge in [-0.2, -0.15) is 0 Å². The van der Waals surface area contributed by atoms with Crippen LogP contribution in [0.2, 0.25) is 5.02 Å². The van der Waals surface area contributed by atoms with Gasteiger partial charge in [0, 0.05) is 30.2 Å². The second-order valence-corrected chi connectivity index (χ2v) is 6.28. The molecule has 22 heavy (non-hydrogen) atoms. The summed E-state index contributed by atoms with van der Waals surface area (Å²) in [6, 6.07) is 4.03. The highest BCUT2D eigenvalue weighted by Gasteiger charge is 2.11. The lowest BCUT2D eigenvalue weighted by atomic mass is 10.0. The Morgan fingerprint density at radius 3 is 2.45 bits per heavy atom. The molecule has 0 saturated heterocycles. The quantitative estimate of drug-likeness (QED) is 0.750. The molecular formula is C18H20ClN3. The monoisotopic (exact) mass is 313 g/mol. The number of hydrogen-bond donors (Lipinski definition) is 1. The van der Waals surface area contributed by atoms with E-state index < -0.39 is 0 Å². The van der Waals surface area contributed by atoms with E-state index in [0.29, 0.717) is 0 Å². The Hall–Kier alpha value is -2.00. The number of imidazole rings is 1. The number of nitrogens with one attached hydrogen (secondary N) is 1. The highest BCUT2D eigenvalue weighted by molar-refractivity contribution is 6.30. The van der Waals surface area contributed by atoms with E-state index >= 15 is 0 Å². The van der Waals surface area contributed by atoms with Gasteiger partial charge in [0.05, 0.1) is 5.69 Å². The van der Waals surface area contributed by atoms with Crippen LogP contribution >= 0.6 is 11.6 Å². The Bertz CT molecular complexity index is 826. The molecule has 2 aromatic heterocycles. The molecule has 0 aliphatic heterocycles. The molecule has 3 rings (SSSR count). The number of anilines is 1. The molecule has 0 saturated carbocycles. The standard InChI is InChI=1S/C18H20ClN3/c1-11-7-15(19)8-12(2)16(11)9-21-17-14(4)13(3)10-22-6-5-20-18(17)22/h5-8,10,21H,9H2,1-4H3. The fourth-order valence-electron chi connectivity index (χ4n) is 2.89. The van der Waals surface area contributed by atoms with E-state index in [1.165, 1.54) is 27.8 Å². The second-order valence-electron chi connectivity index (χ2n) is 5.84. The first kappa shape index (κ1) is 14.9. The van der Waals surface area contributed by atoms with Gasteiger partial charge in [0.2, 0.25) is 0 Å². The fraction of sp³-hybridized carbons (Fsp3) is 0.278. The zero-order chi connectivity index (χ0) is 15.9. The predicted octanol–water partition coefficient (Wildman–Crippen LogP) is 4.83. The number of halogens is 1. The number of fused-ring (bicyclic) bond motifs is 1. The average Bonchev–Trinajstić information content (AvgIpc) is 2.89. The van der Waals surface area contributed by atoms with Crippen LogP contribution in [0.15, 0.2) is 30.7 Å². The molecule has 0 bridgehead atoms. The van der Waals surface area contributed by atoms with Crippen LogP contribution in [0.4, 0.5) is 5.69 Å². The molecule has 0 radical (unpaired) electrons. The lowest BCUT2D eigenvalue weighted by Gasteiger charge is -2.16. The van der Waals surface area contributed by atoms with Gasteiger partial charge in [-0.1, -0.05) is 11.6 Å². The van der Waals surface area contributed by atoms with Crippen LogP contribution in [-0.4, -0.2) is 9.38 Å². The number of rotatable bonds is 3. The van der Waals surface area contributed by atoms with Crippen LogP contribution in [0.25, 0.3) is 5.65 Å². The average molecular weight is 314 g/mol. The molecule has 0 unspecified atom stereocenters. The van der Waals surface area contributed by atoms with Crippen molar-refractivity contribution in [2.75, 3.05) is 5.32 Å². The largest absolute Gasteiger partial charge is 0.378 e. The zero-order valence-corrected chi connectivity index (χ0v) is 14.1. The number of hydrogen-bond acceptors (Lipinski definition) is 2. The molecule has 0 amide bonds. The first-order valence-electron chi connectivity index (χ1n) is 7.39. The van der Waals surface area contributed by atoms with Gasteiger partial charge in [-0.3, -0.25) is 0 Å². The lowest BCUT2D eigenvalue weighted by Crippen LogP contribution is -2.07. The van der Waals surface area contributed by atoms with E-state index in [0.717, 1.165) is 22.9 Å². The number of nitrogens with zero attached hydrogens (tertiary/aromatic N) is 2.